The van der Waals surface area contributed by atoms with Gasteiger partial charge in [0.1, 0.15) is 15.9 Å². The van der Waals surface area contributed by atoms with E-state index < -0.39 is 29.9 Å². The summed E-state index contributed by atoms with van der Waals surface area (Å²) in [7, 11) is 0. The number of thiophene rings is 1. The lowest BCUT2D eigenvalue weighted by molar-refractivity contribution is -0.142. The van der Waals surface area contributed by atoms with Crippen LogP contribution in [0.25, 0.3) is 0 Å². The summed E-state index contributed by atoms with van der Waals surface area (Å²) >= 11 is 0.834. The van der Waals surface area contributed by atoms with Crippen molar-refractivity contribution >= 4 is 40.2 Å². The summed E-state index contributed by atoms with van der Waals surface area (Å²) in [6.07, 6.45) is 1.14. The van der Waals surface area contributed by atoms with Crippen LogP contribution in [0.3, 0.4) is 0 Å². The molecule has 1 aromatic rings. The predicted octanol–water partition coefficient (Wildman–Crippen LogP) is 1.42. The molecular weight excluding hydrogens is 364 g/mol. The van der Waals surface area contributed by atoms with E-state index in [0.29, 0.717) is 19.4 Å². The molecule has 2 heterocycles. The number of hydrogen-bond acceptors (Lipinski definition) is 7. The molecule has 1 unspecified atom stereocenters. The van der Waals surface area contributed by atoms with Gasteiger partial charge in [0.05, 0.1) is 18.7 Å². The largest absolute Gasteiger partial charge is 0.480 e. The number of carboxylic acids is 2. The molecule has 10 heteroatoms. The van der Waals surface area contributed by atoms with Crippen LogP contribution in [0, 0.1) is 6.92 Å². The number of rotatable bonds is 7. The molecule has 26 heavy (non-hydrogen) atoms. The van der Waals surface area contributed by atoms with Gasteiger partial charge in [0.15, 0.2) is 0 Å². The molecule has 2 rings (SSSR count). The van der Waals surface area contributed by atoms with E-state index in [1.807, 2.05) is 0 Å². The van der Waals surface area contributed by atoms with Gasteiger partial charge in [0.2, 0.25) is 5.91 Å². The van der Waals surface area contributed by atoms with Crippen molar-refractivity contribution in [1.82, 2.24) is 4.90 Å². The molecule has 9 nitrogen and oxygen atoms in total. The number of aliphatic carboxylic acids is 1. The maximum Gasteiger partial charge on any atom is 0.348 e. The molecule has 1 aromatic heterocycles. The van der Waals surface area contributed by atoms with Crippen molar-refractivity contribution in [2.24, 2.45) is 0 Å². The Bertz CT molecular complexity index is 743. The van der Waals surface area contributed by atoms with Crippen LogP contribution in [-0.4, -0.2) is 64.7 Å². The molecule has 1 fully saturated rings. The molecule has 1 aliphatic heterocycles. The standard InChI is InChI=1S/C16H20N2O7S/c1-3-25-16(24)12-8(2)11(15(22)23)13(26-12)17-10(19)7-18-6-4-5-9(18)14(20)21/h9H,3-7H2,1-2H3,(H,17,19)(H,20,21)(H,22,23). The molecule has 0 saturated carbocycles. The normalized spacial score (nSPS) is 17.1. The lowest BCUT2D eigenvalue weighted by Crippen LogP contribution is -2.40. The van der Waals surface area contributed by atoms with Crippen molar-refractivity contribution in [2.45, 2.75) is 32.7 Å². The van der Waals surface area contributed by atoms with E-state index >= 15 is 0 Å². The van der Waals surface area contributed by atoms with Gasteiger partial charge in [-0.15, -0.1) is 11.3 Å². The SMILES string of the molecule is CCOC(=O)c1sc(NC(=O)CN2CCCC2C(=O)O)c(C(=O)O)c1C. The van der Waals surface area contributed by atoms with Crippen molar-refractivity contribution in [3.63, 3.8) is 0 Å². The maximum absolute atomic E-state index is 12.3. The highest BCUT2D eigenvalue weighted by Crippen LogP contribution is 2.33. The highest BCUT2D eigenvalue weighted by molar-refractivity contribution is 7.18. The number of ether oxygens (including phenoxy) is 1. The van der Waals surface area contributed by atoms with E-state index in [1.165, 1.54) is 11.8 Å². The quantitative estimate of drug-likeness (QED) is 0.601. The first-order valence-corrected chi connectivity index (χ1v) is 8.88. The van der Waals surface area contributed by atoms with Crippen LogP contribution in [-0.2, 0) is 14.3 Å². The molecule has 142 valence electrons. The number of amides is 1. The summed E-state index contributed by atoms with van der Waals surface area (Å²) < 4.78 is 4.90. The number of carbonyl (C=O) groups excluding carboxylic acids is 2. The van der Waals surface area contributed by atoms with E-state index in [2.05, 4.69) is 5.32 Å². The summed E-state index contributed by atoms with van der Waals surface area (Å²) in [5.74, 6) is -3.44. The van der Waals surface area contributed by atoms with Gasteiger partial charge in [-0.2, -0.15) is 0 Å². The molecule has 1 atom stereocenters. The number of aromatic carboxylic acids is 1. The van der Waals surface area contributed by atoms with Gasteiger partial charge in [-0.3, -0.25) is 14.5 Å². The highest BCUT2D eigenvalue weighted by atomic mass is 32.1. The number of carboxylic acid groups (broad SMARTS) is 2. The van der Waals surface area contributed by atoms with Crippen LogP contribution in [0.4, 0.5) is 5.00 Å². The van der Waals surface area contributed by atoms with Crippen molar-refractivity contribution in [3.05, 3.63) is 16.0 Å². The molecule has 1 saturated heterocycles. The van der Waals surface area contributed by atoms with E-state index in [9.17, 15) is 24.3 Å². The zero-order valence-electron chi connectivity index (χ0n) is 14.4. The zero-order chi connectivity index (χ0) is 19.4. The van der Waals surface area contributed by atoms with Gasteiger partial charge in [-0.25, -0.2) is 9.59 Å². The van der Waals surface area contributed by atoms with Crippen LogP contribution in [0.15, 0.2) is 0 Å². The maximum atomic E-state index is 12.3. The van der Waals surface area contributed by atoms with Gasteiger partial charge < -0.3 is 20.3 Å². The van der Waals surface area contributed by atoms with Gasteiger partial charge in [-0.1, -0.05) is 0 Å². The smallest absolute Gasteiger partial charge is 0.348 e. The monoisotopic (exact) mass is 384 g/mol. The second-order valence-electron chi connectivity index (χ2n) is 5.80. The third-order valence-electron chi connectivity index (χ3n) is 4.07. The second-order valence-corrected chi connectivity index (χ2v) is 6.82. The Morgan fingerprint density at radius 1 is 1.31 bits per heavy atom. The number of carbonyl (C=O) groups is 4. The molecule has 3 N–H and O–H groups in total. The van der Waals surface area contributed by atoms with Crippen molar-refractivity contribution in [1.29, 1.82) is 0 Å². The van der Waals surface area contributed by atoms with Gasteiger partial charge in [0, 0.05) is 0 Å². The van der Waals surface area contributed by atoms with Crippen LogP contribution >= 0.6 is 11.3 Å². The van der Waals surface area contributed by atoms with Crippen molar-refractivity contribution in [3.8, 4) is 0 Å². The number of esters is 1. The molecule has 0 spiro atoms. The Morgan fingerprint density at radius 3 is 2.58 bits per heavy atom. The zero-order valence-corrected chi connectivity index (χ0v) is 15.2. The third kappa shape index (κ3) is 4.20. The molecule has 0 aliphatic carbocycles. The summed E-state index contributed by atoms with van der Waals surface area (Å²) in [6, 6.07) is -0.722. The molecular formula is C16H20N2O7S. The molecule has 0 radical (unpaired) electrons. The first kappa shape index (κ1) is 19.9. The lowest BCUT2D eigenvalue weighted by Gasteiger charge is -2.20. The fourth-order valence-electron chi connectivity index (χ4n) is 2.90. The topological polar surface area (TPSA) is 133 Å². The van der Waals surface area contributed by atoms with Crippen LogP contribution < -0.4 is 5.32 Å². The molecule has 1 aliphatic rings. The van der Waals surface area contributed by atoms with Gasteiger partial charge in [-0.05, 0) is 38.8 Å². The Balaban J connectivity index is 2.18. The summed E-state index contributed by atoms with van der Waals surface area (Å²) in [6.45, 7) is 3.57. The fourth-order valence-corrected chi connectivity index (χ4v) is 4.00. The Hall–Kier alpha value is -2.46. The lowest BCUT2D eigenvalue weighted by atomic mass is 10.1. The minimum atomic E-state index is -1.27. The molecule has 0 aromatic carbocycles. The third-order valence-corrected chi connectivity index (χ3v) is 5.26. The molecule has 1 amide bonds. The van der Waals surface area contributed by atoms with E-state index in [4.69, 9.17) is 9.84 Å². The number of nitrogens with zero attached hydrogens (tertiary/aromatic N) is 1. The summed E-state index contributed by atoms with van der Waals surface area (Å²) in [5.41, 5.74) is 0.0587. The van der Waals surface area contributed by atoms with E-state index in [0.717, 1.165) is 11.3 Å². The average Bonchev–Trinajstić information content (AvgIpc) is 3.12. The minimum absolute atomic E-state index is 0.0362. The summed E-state index contributed by atoms with van der Waals surface area (Å²) in [5, 5.41) is 21.1. The van der Waals surface area contributed by atoms with Crippen LogP contribution in [0.2, 0.25) is 0 Å². The van der Waals surface area contributed by atoms with E-state index in [1.54, 1.807) is 6.92 Å². The number of likely N-dealkylation sites (tertiary alicyclic amines) is 1. The molecule has 0 bridgehead atoms. The number of hydrogen-bond donors (Lipinski definition) is 3. The Morgan fingerprint density at radius 2 is 2.00 bits per heavy atom. The Labute approximate surface area is 153 Å². The first-order valence-electron chi connectivity index (χ1n) is 8.06. The second kappa shape index (κ2) is 8.28. The summed E-state index contributed by atoms with van der Waals surface area (Å²) in [4.78, 5) is 48.6. The van der Waals surface area contributed by atoms with Crippen molar-refractivity contribution in [2.75, 3.05) is 25.0 Å². The van der Waals surface area contributed by atoms with Crippen LogP contribution in [0.1, 0.15) is 45.4 Å². The van der Waals surface area contributed by atoms with Crippen LogP contribution in [0.5, 0.6) is 0 Å². The Kier molecular flexibility index (Phi) is 6.32. The number of nitrogens with one attached hydrogen (secondary N) is 1. The highest BCUT2D eigenvalue weighted by Gasteiger charge is 2.32. The first-order chi connectivity index (χ1) is 12.3. The van der Waals surface area contributed by atoms with E-state index in [-0.39, 0.29) is 34.2 Å². The minimum Gasteiger partial charge on any atom is -0.480 e. The fraction of sp³-hybridized carbons (Fsp3) is 0.500. The number of anilines is 1. The van der Waals surface area contributed by atoms with Gasteiger partial charge >= 0.3 is 17.9 Å². The predicted molar refractivity (Wildman–Crippen MR) is 92.8 cm³/mol. The van der Waals surface area contributed by atoms with Gasteiger partial charge in [0.25, 0.3) is 0 Å². The van der Waals surface area contributed by atoms with Crippen molar-refractivity contribution < 1.29 is 34.1 Å². The average molecular weight is 384 g/mol.